The fourth-order valence-corrected chi connectivity index (χ4v) is 2.09. The average molecular weight is 352 g/mol. The molecule has 0 saturated heterocycles. The fraction of sp³-hybridized carbons (Fsp3) is 0.294. The zero-order valence-corrected chi connectivity index (χ0v) is 13.9. The van der Waals surface area contributed by atoms with Gasteiger partial charge >= 0.3 is 6.18 Å². The summed E-state index contributed by atoms with van der Waals surface area (Å²) in [6.07, 6.45) is -2.68. The van der Waals surface area contributed by atoms with Crippen LogP contribution in [0.5, 0.6) is 5.88 Å². The zero-order valence-electron chi connectivity index (χ0n) is 13.9. The molecule has 0 spiro atoms. The van der Waals surface area contributed by atoms with Crippen molar-refractivity contribution >= 4 is 5.96 Å². The molecule has 8 heteroatoms. The minimum absolute atomic E-state index is 0.227. The Morgan fingerprint density at radius 1 is 1.12 bits per heavy atom. The molecule has 1 aromatic carbocycles. The predicted octanol–water partition coefficient (Wildman–Crippen LogP) is 2.97. The van der Waals surface area contributed by atoms with E-state index in [0.717, 1.165) is 17.7 Å². The van der Waals surface area contributed by atoms with Gasteiger partial charge in [-0.15, -0.1) is 0 Å². The largest absolute Gasteiger partial charge is 0.481 e. The van der Waals surface area contributed by atoms with Gasteiger partial charge in [-0.3, -0.25) is 4.99 Å². The van der Waals surface area contributed by atoms with Crippen molar-refractivity contribution in [1.82, 2.24) is 15.6 Å². The number of nitrogens with one attached hydrogen (secondary N) is 2. The van der Waals surface area contributed by atoms with Gasteiger partial charge in [0.15, 0.2) is 5.96 Å². The smallest absolute Gasteiger partial charge is 0.416 e. The zero-order chi connectivity index (χ0) is 18.3. The van der Waals surface area contributed by atoms with Crippen LogP contribution >= 0.6 is 0 Å². The lowest BCUT2D eigenvalue weighted by Crippen LogP contribution is -2.36. The molecule has 0 saturated carbocycles. The van der Waals surface area contributed by atoms with Crippen LogP contribution in [0.2, 0.25) is 0 Å². The van der Waals surface area contributed by atoms with Crippen molar-refractivity contribution in [2.45, 2.75) is 19.3 Å². The second-order valence-corrected chi connectivity index (χ2v) is 5.19. The molecule has 0 atom stereocenters. The maximum absolute atomic E-state index is 12.7. The van der Waals surface area contributed by atoms with E-state index < -0.39 is 11.7 Å². The van der Waals surface area contributed by atoms with Gasteiger partial charge in [-0.1, -0.05) is 18.2 Å². The van der Waals surface area contributed by atoms with E-state index in [1.807, 2.05) is 6.07 Å². The van der Waals surface area contributed by atoms with E-state index in [9.17, 15) is 13.2 Å². The minimum Gasteiger partial charge on any atom is -0.481 e. The van der Waals surface area contributed by atoms with Gasteiger partial charge in [0.2, 0.25) is 5.88 Å². The number of aliphatic imine (C=N–C) groups is 1. The number of methoxy groups -OCH3 is 1. The Morgan fingerprint density at radius 3 is 2.40 bits per heavy atom. The molecular weight excluding hydrogens is 333 g/mol. The summed E-state index contributed by atoms with van der Waals surface area (Å²) in [5, 5.41) is 6.06. The second-order valence-electron chi connectivity index (χ2n) is 5.19. The lowest BCUT2D eigenvalue weighted by atomic mass is 10.1. The molecule has 2 aromatic rings. The standard InChI is InChI=1S/C17H19F3N4O/c1-21-16(24-11-13-6-7-15(25-2)22-10-13)23-9-12-4-3-5-14(8-12)17(18,19)20/h3-8,10H,9,11H2,1-2H3,(H2,21,23,24). The van der Waals surface area contributed by atoms with Gasteiger partial charge in [0.25, 0.3) is 0 Å². The van der Waals surface area contributed by atoms with Crippen molar-refractivity contribution < 1.29 is 17.9 Å². The molecule has 0 aliphatic heterocycles. The molecule has 0 unspecified atom stereocenters. The molecule has 25 heavy (non-hydrogen) atoms. The van der Waals surface area contributed by atoms with E-state index in [2.05, 4.69) is 20.6 Å². The van der Waals surface area contributed by atoms with E-state index in [-0.39, 0.29) is 6.54 Å². The highest BCUT2D eigenvalue weighted by molar-refractivity contribution is 5.79. The Morgan fingerprint density at radius 2 is 1.84 bits per heavy atom. The van der Waals surface area contributed by atoms with Gasteiger partial charge in [-0.25, -0.2) is 4.98 Å². The summed E-state index contributed by atoms with van der Waals surface area (Å²) in [6.45, 7) is 0.698. The van der Waals surface area contributed by atoms with Crippen molar-refractivity contribution in [2.75, 3.05) is 14.2 Å². The van der Waals surface area contributed by atoms with Gasteiger partial charge in [0.1, 0.15) is 0 Å². The highest BCUT2D eigenvalue weighted by atomic mass is 19.4. The number of rotatable bonds is 5. The lowest BCUT2D eigenvalue weighted by molar-refractivity contribution is -0.137. The number of pyridine rings is 1. The van der Waals surface area contributed by atoms with Crippen LogP contribution < -0.4 is 15.4 Å². The van der Waals surface area contributed by atoms with Gasteiger partial charge in [0.05, 0.1) is 12.7 Å². The van der Waals surface area contributed by atoms with Gasteiger partial charge in [0, 0.05) is 32.4 Å². The van der Waals surface area contributed by atoms with Crippen molar-refractivity contribution in [3.8, 4) is 5.88 Å². The third-order valence-electron chi connectivity index (χ3n) is 3.40. The number of guanidine groups is 1. The van der Waals surface area contributed by atoms with Crippen molar-refractivity contribution in [1.29, 1.82) is 0 Å². The number of aromatic nitrogens is 1. The first kappa shape index (κ1) is 18.6. The van der Waals surface area contributed by atoms with Crippen LogP contribution in [0, 0.1) is 0 Å². The highest BCUT2D eigenvalue weighted by Crippen LogP contribution is 2.29. The first-order valence-electron chi connectivity index (χ1n) is 7.52. The molecule has 0 bridgehead atoms. The molecule has 0 aliphatic carbocycles. The second kappa shape index (κ2) is 8.36. The molecule has 5 nitrogen and oxygen atoms in total. The first-order chi connectivity index (χ1) is 11.9. The Balaban J connectivity index is 1.90. The SMILES string of the molecule is CN=C(NCc1ccc(OC)nc1)NCc1cccc(C(F)(F)F)c1. The predicted molar refractivity (Wildman–Crippen MR) is 89.3 cm³/mol. The number of nitrogens with zero attached hydrogens (tertiary/aromatic N) is 2. The average Bonchev–Trinajstić information content (AvgIpc) is 2.62. The molecular formula is C17H19F3N4O. The number of benzene rings is 1. The third kappa shape index (κ3) is 5.66. The quantitative estimate of drug-likeness (QED) is 0.642. The number of ether oxygens (including phenoxy) is 1. The van der Waals surface area contributed by atoms with E-state index in [0.29, 0.717) is 23.9 Å². The highest BCUT2D eigenvalue weighted by Gasteiger charge is 2.30. The summed E-state index contributed by atoms with van der Waals surface area (Å²) >= 11 is 0. The summed E-state index contributed by atoms with van der Waals surface area (Å²) in [7, 11) is 3.13. The molecule has 0 aliphatic rings. The number of halogens is 3. The number of alkyl halides is 3. The van der Waals surface area contributed by atoms with Crippen molar-refractivity contribution in [3.63, 3.8) is 0 Å². The molecule has 1 aromatic heterocycles. The van der Waals surface area contributed by atoms with Gasteiger partial charge in [-0.05, 0) is 23.3 Å². The van der Waals surface area contributed by atoms with Crippen LogP contribution in [0.4, 0.5) is 13.2 Å². The fourth-order valence-electron chi connectivity index (χ4n) is 2.09. The van der Waals surface area contributed by atoms with Crippen LogP contribution in [0.25, 0.3) is 0 Å². The third-order valence-corrected chi connectivity index (χ3v) is 3.40. The lowest BCUT2D eigenvalue weighted by Gasteiger charge is -2.13. The number of hydrogen-bond acceptors (Lipinski definition) is 3. The van der Waals surface area contributed by atoms with Gasteiger partial charge in [-0.2, -0.15) is 13.2 Å². The van der Waals surface area contributed by atoms with Crippen molar-refractivity contribution in [2.24, 2.45) is 4.99 Å². The van der Waals surface area contributed by atoms with Crippen LogP contribution in [-0.2, 0) is 19.3 Å². The van der Waals surface area contributed by atoms with E-state index in [4.69, 9.17) is 4.74 Å². The molecule has 0 fully saturated rings. The van der Waals surface area contributed by atoms with Crippen LogP contribution in [0.15, 0.2) is 47.6 Å². The summed E-state index contributed by atoms with van der Waals surface area (Å²) < 4.78 is 43.2. The molecule has 134 valence electrons. The summed E-state index contributed by atoms with van der Waals surface area (Å²) in [5.74, 6) is 1.00. The van der Waals surface area contributed by atoms with E-state index >= 15 is 0 Å². The molecule has 0 amide bonds. The maximum atomic E-state index is 12.7. The van der Waals surface area contributed by atoms with E-state index in [1.54, 1.807) is 32.5 Å². The van der Waals surface area contributed by atoms with Crippen LogP contribution in [0.1, 0.15) is 16.7 Å². The Kier molecular flexibility index (Phi) is 6.21. The summed E-state index contributed by atoms with van der Waals surface area (Å²) in [5.41, 5.74) is 0.769. The molecule has 0 radical (unpaired) electrons. The Bertz CT molecular complexity index is 715. The molecule has 2 N–H and O–H groups in total. The van der Waals surface area contributed by atoms with Crippen molar-refractivity contribution in [3.05, 3.63) is 59.3 Å². The minimum atomic E-state index is -4.35. The maximum Gasteiger partial charge on any atom is 0.416 e. The number of hydrogen-bond donors (Lipinski definition) is 2. The summed E-state index contributed by atoms with van der Waals surface area (Å²) in [4.78, 5) is 8.15. The van der Waals surface area contributed by atoms with Crippen LogP contribution in [-0.4, -0.2) is 25.1 Å². The topological polar surface area (TPSA) is 58.5 Å². The molecule has 1 heterocycles. The monoisotopic (exact) mass is 352 g/mol. The Labute approximate surface area is 144 Å². The molecule has 2 rings (SSSR count). The van der Waals surface area contributed by atoms with Gasteiger partial charge < -0.3 is 15.4 Å². The normalized spacial score (nSPS) is 12.0. The Hall–Kier alpha value is -2.77. The summed E-state index contributed by atoms with van der Waals surface area (Å²) in [6, 6.07) is 8.79. The first-order valence-corrected chi connectivity index (χ1v) is 7.52. The van der Waals surface area contributed by atoms with E-state index in [1.165, 1.54) is 6.07 Å². The van der Waals surface area contributed by atoms with Crippen LogP contribution in [0.3, 0.4) is 0 Å².